The summed E-state index contributed by atoms with van der Waals surface area (Å²) in [5.41, 5.74) is 0.731. The minimum absolute atomic E-state index is 0.000694. The Bertz CT molecular complexity index is 581. The molecular formula is C19H26FNO2. The molecule has 0 bridgehead atoms. The summed E-state index contributed by atoms with van der Waals surface area (Å²) in [6.07, 6.45) is 3.75. The quantitative estimate of drug-likeness (QED) is 0.784. The van der Waals surface area contributed by atoms with Crippen molar-refractivity contribution in [1.29, 1.82) is 0 Å². The van der Waals surface area contributed by atoms with Gasteiger partial charge in [0.2, 0.25) is 5.91 Å². The molecule has 23 heavy (non-hydrogen) atoms. The van der Waals surface area contributed by atoms with Gasteiger partial charge in [0.15, 0.2) is 5.78 Å². The van der Waals surface area contributed by atoms with E-state index < -0.39 is 5.82 Å². The van der Waals surface area contributed by atoms with Crippen molar-refractivity contribution in [2.24, 2.45) is 5.92 Å². The van der Waals surface area contributed by atoms with Gasteiger partial charge in [-0.05, 0) is 44.2 Å². The van der Waals surface area contributed by atoms with Crippen LogP contribution in [0.15, 0.2) is 18.2 Å². The molecule has 2 fully saturated rings. The second-order valence-corrected chi connectivity index (χ2v) is 6.16. The standard InChI is InChI=1S/C17H20FNO2.C2H6/c1-11(20)14-5-2-6-15(16(14)18)13-4-3-9-19(10-13)17(21)12-7-8-12;1-2/h2,5-6,12-13H,3-4,7-10H2,1H3;1-2H3. The van der Waals surface area contributed by atoms with Gasteiger partial charge < -0.3 is 4.90 Å². The molecule has 0 N–H and O–H groups in total. The Labute approximate surface area is 137 Å². The zero-order valence-corrected chi connectivity index (χ0v) is 14.3. The Morgan fingerprint density at radius 2 is 1.87 bits per heavy atom. The Balaban J connectivity index is 0.000000924. The summed E-state index contributed by atoms with van der Waals surface area (Å²) in [5.74, 6) is -0.229. The highest BCUT2D eigenvalue weighted by Gasteiger charge is 2.36. The summed E-state index contributed by atoms with van der Waals surface area (Å²) in [4.78, 5) is 25.5. The van der Waals surface area contributed by atoms with Gasteiger partial charge in [-0.2, -0.15) is 0 Å². The number of carbonyl (C=O) groups excluding carboxylic acids is 2. The Kier molecular flexibility index (Phi) is 5.91. The van der Waals surface area contributed by atoms with Gasteiger partial charge >= 0.3 is 0 Å². The third-order valence-corrected chi connectivity index (χ3v) is 4.51. The van der Waals surface area contributed by atoms with E-state index in [0.717, 1.165) is 32.2 Å². The summed E-state index contributed by atoms with van der Waals surface area (Å²) >= 11 is 0. The van der Waals surface area contributed by atoms with E-state index in [2.05, 4.69) is 0 Å². The average Bonchev–Trinajstić information content (AvgIpc) is 3.41. The highest BCUT2D eigenvalue weighted by molar-refractivity contribution is 5.94. The molecule has 0 aromatic heterocycles. The molecule has 1 unspecified atom stereocenters. The van der Waals surface area contributed by atoms with Crippen molar-refractivity contribution in [2.75, 3.05) is 13.1 Å². The van der Waals surface area contributed by atoms with Crippen LogP contribution in [0, 0.1) is 11.7 Å². The highest BCUT2D eigenvalue weighted by atomic mass is 19.1. The predicted octanol–water partition coefficient (Wildman–Crippen LogP) is 4.17. The largest absolute Gasteiger partial charge is 0.342 e. The van der Waals surface area contributed by atoms with Gasteiger partial charge in [-0.15, -0.1) is 0 Å². The lowest BCUT2D eigenvalue weighted by Crippen LogP contribution is -2.40. The molecule has 0 spiro atoms. The van der Waals surface area contributed by atoms with Crippen molar-refractivity contribution in [3.63, 3.8) is 0 Å². The summed E-state index contributed by atoms with van der Waals surface area (Å²) in [6.45, 7) is 6.74. The minimum Gasteiger partial charge on any atom is -0.342 e. The molecule has 1 aromatic carbocycles. The van der Waals surface area contributed by atoms with Gasteiger partial charge in [-0.25, -0.2) is 4.39 Å². The molecule has 1 heterocycles. The summed E-state index contributed by atoms with van der Waals surface area (Å²) in [6, 6.07) is 5.01. The number of rotatable bonds is 3. The molecule has 1 aromatic rings. The topological polar surface area (TPSA) is 37.4 Å². The van der Waals surface area contributed by atoms with Crippen molar-refractivity contribution in [2.45, 2.75) is 52.4 Å². The number of halogens is 1. The normalized spacial score (nSPS) is 20.5. The van der Waals surface area contributed by atoms with E-state index in [1.54, 1.807) is 12.1 Å². The van der Waals surface area contributed by atoms with E-state index in [4.69, 9.17) is 0 Å². The van der Waals surface area contributed by atoms with E-state index in [9.17, 15) is 14.0 Å². The first-order valence-corrected chi connectivity index (χ1v) is 8.66. The molecule has 126 valence electrons. The van der Waals surface area contributed by atoms with Crippen LogP contribution in [0.3, 0.4) is 0 Å². The fourth-order valence-corrected chi connectivity index (χ4v) is 3.16. The van der Waals surface area contributed by atoms with Gasteiger partial charge in [0.1, 0.15) is 5.82 Å². The Morgan fingerprint density at radius 3 is 2.48 bits per heavy atom. The Morgan fingerprint density at radius 1 is 1.17 bits per heavy atom. The lowest BCUT2D eigenvalue weighted by Gasteiger charge is -2.33. The molecule has 3 rings (SSSR count). The van der Waals surface area contributed by atoms with Crippen LogP contribution >= 0.6 is 0 Å². The molecule has 1 saturated heterocycles. The highest BCUT2D eigenvalue weighted by Crippen LogP contribution is 2.35. The zero-order chi connectivity index (χ0) is 17.0. The maximum absolute atomic E-state index is 14.5. The summed E-state index contributed by atoms with van der Waals surface area (Å²) in [5, 5.41) is 0. The van der Waals surface area contributed by atoms with E-state index in [1.807, 2.05) is 18.7 Å². The molecule has 1 aliphatic carbocycles. The van der Waals surface area contributed by atoms with Gasteiger partial charge in [0, 0.05) is 24.9 Å². The van der Waals surface area contributed by atoms with Crippen LogP contribution in [0.1, 0.15) is 68.3 Å². The van der Waals surface area contributed by atoms with Crippen LogP contribution in [0.4, 0.5) is 4.39 Å². The number of hydrogen-bond donors (Lipinski definition) is 0. The Hall–Kier alpha value is -1.71. The van der Waals surface area contributed by atoms with Crippen LogP contribution in [0.25, 0.3) is 0 Å². The minimum atomic E-state index is -0.407. The van der Waals surface area contributed by atoms with E-state index >= 15 is 0 Å². The molecule has 4 heteroatoms. The summed E-state index contributed by atoms with van der Waals surface area (Å²) in [7, 11) is 0. The number of amides is 1. The first-order valence-electron chi connectivity index (χ1n) is 8.66. The average molecular weight is 319 g/mol. The number of carbonyl (C=O) groups is 2. The van der Waals surface area contributed by atoms with Crippen molar-refractivity contribution in [3.05, 3.63) is 35.1 Å². The molecule has 3 nitrogen and oxygen atoms in total. The zero-order valence-electron chi connectivity index (χ0n) is 14.3. The maximum Gasteiger partial charge on any atom is 0.225 e. The molecule has 0 radical (unpaired) electrons. The molecule has 2 aliphatic rings. The van der Waals surface area contributed by atoms with Crippen LogP contribution in [-0.4, -0.2) is 29.7 Å². The second kappa shape index (κ2) is 7.71. The molecule has 1 saturated carbocycles. The molecular weight excluding hydrogens is 293 g/mol. The lowest BCUT2D eigenvalue weighted by atomic mass is 9.88. The van der Waals surface area contributed by atoms with Crippen molar-refractivity contribution < 1.29 is 14.0 Å². The van der Waals surface area contributed by atoms with Crippen LogP contribution in [0.5, 0.6) is 0 Å². The van der Waals surface area contributed by atoms with E-state index in [1.165, 1.54) is 13.0 Å². The van der Waals surface area contributed by atoms with Crippen molar-refractivity contribution in [3.8, 4) is 0 Å². The van der Waals surface area contributed by atoms with Crippen molar-refractivity contribution in [1.82, 2.24) is 4.90 Å². The number of Topliss-reactive ketones (excluding diaryl/α,β-unsaturated/α-hetero) is 1. The van der Waals surface area contributed by atoms with Gasteiger partial charge in [-0.3, -0.25) is 9.59 Å². The van der Waals surface area contributed by atoms with E-state index in [-0.39, 0.29) is 29.1 Å². The molecule has 1 atom stereocenters. The fourth-order valence-electron chi connectivity index (χ4n) is 3.16. The number of hydrogen-bond acceptors (Lipinski definition) is 2. The first-order chi connectivity index (χ1) is 11.1. The lowest BCUT2D eigenvalue weighted by molar-refractivity contribution is -0.133. The fraction of sp³-hybridized carbons (Fsp3) is 0.579. The second-order valence-electron chi connectivity index (χ2n) is 6.16. The number of nitrogens with zero attached hydrogens (tertiary/aromatic N) is 1. The molecule has 1 aliphatic heterocycles. The van der Waals surface area contributed by atoms with E-state index in [0.29, 0.717) is 12.1 Å². The number of likely N-dealkylation sites (tertiary alicyclic amines) is 1. The first kappa shape index (κ1) is 17.6. The van der Waals surface area contributed by atoms with Gasteiger partial charge in [0.05, 0.1) is 5.56 Å². The van der Waals surface area contributed by atoms with Crippen molar-refractivity contribution >= 4 is 11.7 Å². The van der Waals surface area contributed by atoms with Crippen LogP contribution < -0.4 is 0 Å². The number of ketones is 1. The number of benzene rings is 1. The summed E-state index contributed by atoms with van der Waals surface area (Å²) < 4.78 is 14.5. The van der Waals surface area contributed by atoms with Crippen LogP contribution in [0.2, 0.25) is 0 Å². The van der Waals surface area contributed by atoms with Crippen LogP contribution in [-0.2, 0) is 4.79 Å². The SMILES string of the molecule is CC.CC(=O)c1cccc(C2CCCN(C(=O)C3CC3)C2)c1F. The monoisotopic (exact) mass is 319 g/mol. The third kappa shape index (κ3) is 3.98. The third-order valence-electron chi connectivity index (χ3n) is 4.51. The predicted molar refractivity (Wildman–Crippen MR) is 89.0 cm³/mol. The maximum atomic E-state index is 14.5. The smallest absolute Gasteiger partial charge is 0.225 e. The van der Waals surface area contributed by atoms with Gasteiger partial charge in [0.25, 0.3) is 0 Å². The van der Waals surface area contributed by atoms with Gasteiger partial charge in [-0.1, -0.05) is 26.0 Å². The molecule has 1 amide bonds. The number of piperidine rings is 1.